The number of halogens is 1. The number of aryl methyl sites for hydroxylation is 1. The fourth-order valence-corrected chi connectivity index (χ4v) is 3.04. The fraction of sp³-hybridized carbons (Fsp3) is 0.647. The highest BCUT2D eigenvalue weighted by Gasteiger charge is 2.12. The lowest BCUT2D eigenvalue weighted by atomic mass is 10.0. The second-order valence-electron chi connectivity index (χ2n) is 5.27. The van der Waals surface area contributed by atoms with Crippen LogP contribution in [0.1, 0.15) is 67.8 Å². The summed E-state index contributed by atoms with van der Waals surface area (Å²) in [5.41, 5.74) is 2.58. The van der Waals surface area contributed by atoms with Gasteiger partial charge in [0.05, 0.1) is 7.11 Å². The Morgan fingerprint density at radius 2 is 1.79 bits per heavy atom. The van der Waals surface area contributed by atoms with Gasteiger partial charge in [-0.15, -0.1) is 0 Å². The summed E-state index contributed by atoms with van der Waals surface area (Å²) in [6.45, 7) is 4.39. The summed E-state index contributed by atoms with van der Waals surface area (Å²) < 4.78 is 5.45. The Labute approximate surface area is 126 Å². The molecule has 0 amide bonds. The molecule has 1 atom stereocenters. The van der Waals surface area contributed by atoms with Crippen molar-refractivity contribution in [2.45, 2.75) is 63.6 Å². The van der Waals surface area contributed by atoms with Gasteiger partial charge in [-0.3, -0.25) is 0 Å². The molecular weight excluding hydrogens is 300 g/mol. The van der Waals surface area contributed by atoms with E-state index in [1.54, 1.807) is 7.11 Å². The highest BCUT2D eigenvalue weighted by atomic mass is 79.9. The van der Waals surface area contributed by atoms with E-state index in [0.717, 1.165) is 5.75 Å². The molecular formula is C17H27BrO. The van der Waals surface area contributed by atoms with Gasteiger partial charge in [-0.25, -0.2) is 0 Å². The van der Waals surface area contributed by atoms with Crippen molar-refractivity contribution in [1.82, 2.24) is 0 Å². The molecule has 0 N–H and O–H groups in total. The van der Waals surface area contributed by atoms with Gasteiger partial charge in [-0.2, -0.15) is 0 Å². The topological polar surface area (TPSA) is 9.23 Å². The van der Waals surface area contributed by atoms with Crippen molar-refractivity contribution in [3.63, 3.8) is 0 Å². The molecule has 0 aromatic heterocycles. The van der Waals surface area contributed by atoms with Crippen LogP contribution in [-0.4, -0.2) is 7.11 Å². The smallest absolute Gasteiger partial charge is 0.123 e. The van der Waals surface area contributed by atoms with E-state index in [4.69, 9.17) is 4.74 Å². The normalized spacial score (nSPS) is 12.4. The summed E-state index contributed by atoms with van der Waals surface area (Å²) in [4.78, 5) is 0.411. The molecule has 0 spiro atoms. The predicted octanol–water partition coefficient (Wildman–Crippen LogP) is 6.19. The van der Waals surface area contributed by atoms with E-state index in [1.165, 1.54) is 56.1 Å². The summed E-state index contributed by atoms with van der Waals surface area (Å²) in [5, 5.41) is 0. The molecule has 0 aliphatic rings. The molecule has 1 nitrogen and oxygen atoms in total. The van der Waals surface area contributed by atoms with Gasteiger partial charge in [-0.1, -0.05) is 79.1 Å². The SMILES string of the molecule is CCCCCCCCC(Br)c1cc(C)ccc1OC. The van der Waals surface area contributed by atoms with E-state index in [0.29, 0.717) is 4.83 Å². The summed E-state index contributed by atoms with van der Waals surface area (Å²) in [7, 11) is 1.75. The zero-order valence-corrected chi connectivity index (χ0v) is 14.1. The monoisotopic (exact) mass is 326 g/mol. The van der Waals surface area contributed by atoms with E-state index in [9.17, 15) is 0 Å². The van der Waals surface area contributed by atoms with Gasteiger partial charge in [0.1, 0.15) is 5.75 Å². The molecule has 1 aromatic rings. The molecule has 1 unspecified atom stereocenters. The van der Waals surface area contributed by atoms with Crippen molar-refractivity contribution in [2.24, 2.45) is 0 Å². The molecule has 108 valence electrons. The molecule has 1 rings (SSSR count). The maximum atomic E-state index is 5.45. The van der Waals surface area contributed by atoms with Crippen LogP contribution in [0.2, 0.25) is 0 Å². The lowest BCUT2D eigenvalue weighted by Crippen LogP contribution is -1.96. The van der Waals surface area contributed by atoms with Crippen LogP contribution in [0.25, 0.3) is 0 Å². The van der Waals surface area contributed by atoms with Crippen molar-refractivity contribution in [1.29, 1.82) is 0 Å². The molecule has 0 aliphatic heterocycles. The van der Waals surface area contributed by atoms with Gasteiger partial charge in [0.25, 0.3) is 0 Å². The number of alkyl halides is 1. The van der Waals surface area contributed by atoms with Crippen LogP contribution >= 0.6 is 15.9 Å². The summed E-state index contributed by atoms with van der Waals surface area (Å²) in [5.74, 6) is 0.999. The second kappa shape index (κ2) is 9.41. The zero-order valence-electron chi connectivity index (χ0n) is 12.5. The third-order valence-corrected chi connectivity index (χ3v) is 4.48. The Morgan fingerprint density at radius 1 is 1.11 bits per heavy atom. The molecule has 0 saturated carbocycles. The largest absolute Gasteiger partial charge is 0.496 e. The van der Waals surface area contributed by atoms with Crippen LogP contribution in [0.5, 0.6) is 5.75 Å². The maximum absolute atomic E-state index is 5.45. The van der Waals surface area contributed by atoms with Crippen LogP contribution in [0.15, 0.2) is 18.2 Å². The van der Waals surface area contributed by atoms with Gasteiger partial charge >= 0.3 is 0 Å². The van der Waals surface area contributed by atoms with Crippen LogP contribution in [0.3, 0.4) is 0 Å². The van der Waals surface area contributed by atoms with E-state index in [1.807, 2.05) is 0 Å². The standard InChI is InChI=1S/C17H27BrO/c1-4-5-6-7-8-9-10-16(18)15-13-14(2)11-12-17(15)19-3/h11-13,16H,4-10H2,1-3H3. The minimum atomic E-state index is 0.411. The zero-order chi connectivity index (χ0) is 14.1. The molecule has 0 radical (unpaired) electrons. The van der Waals surface area contributed by atoms with Gasteiger partial charge in [-0.05, 0) is 19.4 Å². The van der Waals surface area contributed by atoms with Gasteiger partial charge < -0.3 is 4.74 Å². The van der Waals surface area contributed by atoms with Crippen molar-refractivity contribution >= 4 is 15.9 Å². The highest BCUT2D eigenvalue weighted by molar-refractivity contribution is 9.09. The Kier molecular flexibility index (Phi) is 8.20. The lowest BCUT2D eigenvalue weighted by molar-refractivity contribution is 0.408. The number of rotatable bonds is 9. The first-order chi connectivity index (χ1) is 9.19. The minimum absolute atomic E-state index is 0.411. The molecule has 1 aromatic carbocycles. The molecule has 0 fully saturated rings. The van der Waals surface area contributed by atoms with Crippen molar-refractivity contribution in [3.8, 4) is 5.75 Å². The molecule has 19 heavy (non-hydrogen) atoms. The third kappa shape index (κ3) is 5.99. The quantitative estimate of drug-likeness (QED) is 0.388. The molecule has 2 heteroatoms. The van der Waals surface area contributed by atoms with Gasteiger partial charge in [0.2, 0.25) is 0 Å². The maximum Gasteiger partial charge on any atom is 0.123 e. The van der Waals surface area contributed by atoms with Crippen molar-refractivity contribution in [3.05, 3.63) is 29.3 Å². The number of hydrogen-bond acceptors (Lipinski definition) is 1. The first-order valence-corrected chi connectivity index (χ1v) is 8.39. The predicted molar refractivity (Wildman–Crippen MR) is 87.4 cm³/mol. The van der Waals surface area contributed by atoms with Crippen LogP contribution in [-0.2, 0) is 0 Å². The molecule has 0 heterocycles. The average molecular weight is 327 g/mol. The van der Waals surface area contributed by atoms with E-state index < -0.39 is 0 Å². The van der Waals surface area contributed by atoms with E-state index in [-0.39, 0.29) is 0 Å². The highest BCUT2D eigenvalue weighted by Crippen LogP contribution is 2.35. The fourth-order valence-electron chi connectivity index (χ4n) is 2.36. The second-order valence-corrected chi connectivity index (χ2v) is 6.37. The van der Waals surface area contributed by atoms with E-state index in [2.05, 4.69) is 48.0 Å². The first-order valence-electron chi connectivity index (χ1n) is 7.47. The number of unbranched alkanes of at least 4 members (excludes halogenated alkanes) is 5. The van der Waals surface area contributed by atoms with Crippen molar-refractivity contribution in [2.75, 3.05) is 7.11 Å². The number of ether oxygens (including phenoxy) is 1. The summed E-state index contributed by atoms with van der Waals surface area (Å²) in [6, 6.07) is 6.41. The van der Waals surface area contributed by atoms with Crippen LogP contribution in [0, 0.1) is 6.92 Å². The number of benzene rings is 1. The Hall–Kier alpha value is -0.500. The van der Waals surface area contributed by atoms with Gasteiger partial charge in [0, 0.05) is 10.4 Å². The number of methoxy groups -OCH3 is 1. The Bertz CT molecular complexity index is 362. The van der Waals surface area contributed by atoms with Gasteiger partial charge in [0.15, 0.2) is 0 Å². The van der Waals surface area contributed by atoms with Crippen LogP contribution < -0.4 is 4.74 Å². The lowest BCUT2D eigenvalue weighted by Gasteiger charge is -2.15. The molecule has 0 saturated heterocycles. The summed E-state index contributed by atoms with van der Waals surface area (Å²) in [6.07, 6.45) is 9.28. The number of hydrogen-bond donors (Lipinski definition) is 0. The molecule has 0 aliphatic carbocycles. The Morgan fingerprint density at radius 3 is 2.47 bits per heavy atom. The average Bonchev–Trinajstić information content (AvgIpc) is 2.42. The Balaban J connectivity index is 2.40. The first kappa shape index (κ1) is 16.6. The van der Waals surface area contributed by atoms with E-state index >= 15 is 0 Å². The minimum Gasteiger partial charge on any atom is -0.496 e. The van der Waals surface area contributed by atoms with Crippen LogP contribution in [0.4, 0.5) is 0 Å². The third-order valence-electron chi connectivity index (χ3n) is 3.53. The van der Waals surface area contributed by atoms with Crippen molar-refractivity contribution < 1.29 is 4.74 Å². The summed E-state index contributed by atoms with van der Waals surface area (Å²) >= 11 is 3.81. The molecule has 0 bridgehead atoms.